The number of hydrogen-bond donors (Lipinski definition) is 1. The molecule has 0 radical (unpaired) electrons. The average Bonchev–Trinajstić information content (AvgIpc) is 3.12. The summed E-state index contributed by atoms with van der Waals surface area (Å²) in [5, 5.41) is 0.714. The summed E-state index contributed by atoms with van der Waals surface area (Å²) in [7, 11) is -3.67. The van der Waals surface area contributed by atoms with E-state index in [9.17, 15) is 13.2 Å². The second kappa shape index (κ2) is 12.5. The molecule has 35 heavy (non-hydrogen) atoms. The van der Waals surface area contributed by atoms with Crippen LogP contribution in [0.5, 0.6) is 0 Å². The summed E-state index contributed by atoms with van der Waals surface area (Å²) in [5.41, 5.74) is 4.00. The van der Waals surface area contributed by atoms with E-state index in [1.165, 1.54) is 24.8 Å². The van der Waals surface area contributed by atoms with Gasteiger partial charge in [-0.15, -0.1) is 0 Å². The summed E-state index contributed by atoms with van der Waals surface area (Å²) < 4.78 is 28.7. The molecule has 1 heterocycles. The van der Waals surface area contributed by atoms with Gasteiger partial charge in [-0.3, -0.25) is 4.79 Å². The van der Waals surface area contributed by atoms with Crippen LogP contribution in [0.3, 0.4) is 0 Å². The van der Waals surface area contributed by atoms with E-state index in [0.29, 0.717) is 18.0 Å². The number of fused-ring (bicyclic) bond motifs is 1. The van der Waals surface area contributed by atoms with Crippen LogP contribution in [0.25, 0.3) is 11.0 Å². The molecule has 0 unspecified atom stereocenters. The molecule has 0 fully saturated rings. The van der Waals surface area contributed by atoms with Gasteiger partial charge in [-0.1, -0.05) is 69.7 Å². The Morgan fingerprint density at radius 1 is 1.00 bits per heavy atom. The molecule has 0 spiro atoms. The fourth-order valence-corrected chi connectivity index (χ4v) is 5.53. The first-order valence-electron chi connectivity index (χ1n) is 12.5. The zero-order valence-electron chi connectivity index (χ0n) is 20.9. The standard InChI is InChI=1S/C27H36ClN3O3S/c1-4-6-8-9-11-21-12-13-23(24(28)17-21)19-31-20(3)29-25-15-14-22(18-26(25)31)27(32)30-35(33,34)16-10-7-5-2/h12-15,17-18H,4-11,16,19H2,1-3H3,(H,30,32). The topological polar surface area (TPSA) is 81.1 Å². The Morgan fingerprint density at radius 3 is 2.46 bits per heavy atom. The molecule has 3 rings (SSSR count). The number of imidazole rings is 1. The van der Waals surface area contributed by atoms with Gasteiger partial charge in [0, 0.05) is 10.6 Å². The molecule has 1 aromatic heterocycles. The van der Waals surface area contributed by atoms with Crippen LogP contribution >= 0.6 is 11.6 Å². The third-order valence-corrected chi connectivity index (χ3v) is 7.91. The van der Waals surface area contributed by atoms with E-state index in [2.05, 4.69) is 28.8 Å². The molecule has 1 N–H and O–H groups in total. The summed E-state index contributed by atoms with van der Waals surface area (Å²) in [6.45, 7) is 6.63. The summed E-state index contributed by atoms with van der Waals surface area (Å²) in [6, 6.07) is 11.3. The van der Waals surface area contributed by atoms with Crippen molar-refractivity contribution in [3.8, 4) is 0 Å². The Morgan fingerprint density at radius 2 is 1.74 bits per heavy atom. The van der Waals surface area contributed by atoms with Gasteiger partial charge in [-0.25, -0.2) is 18.1 Å². The van der Waals surface area contributed by atoms with E-state index >= 15 is 0 Å². The number of benzene rings is 2. The molecule has 190 valence electrons. The van der Waals surface area contributed by atoms with Crippen molar-refractivity contribution in [1.29, 1.82) is 0 Å². The molecular formula is C27H36ClN3O3S. The summed E-state index contributed by atoms with van der Waals surface area (Å²) >= 11 is 6.63. The molecule has 0 saturated heterocycles. The van der Waals surface area contributed by atoms with Crippen molar-refractivity contribution < 1.29 is 13.2 Å². The Balaban J connectivity index is 1.78. The van der Waals surface area contributed by atoms with Crippen LogP contribution in [0.1, 0.15) is 86.1 Å². The molecule has 3 aromatic rings. The third kappa shape index (κ3) is 7.55. The molecule has 0 aliphatic heterocycles. The van der Waals surface area contributed by atoms with Crippen LogP contribution in [0, 0.1) is 6.92 Å². The molecule has 0 aliphatic rings. The Bertz CT molecular complexity index is 1270. The molecule has 0 saturated carbocycles. The normalized spacial score (nSPS) is 11.8. The maximum absolute atomic E-state index is 12.7. The molecule has 1 amide bonds. The van der Waals surface area contributed by atoms with Crippen molar-refractivity contribution in [2.45, 2.75) is 78.7 Å². The monoisotopic (exact) mass is 517 g/mol. The first-order valence-corrected chi connectivity index (χ1v) is 14.6. The minimum absolute atomic E-state index is 0.0566. The van der Waals surface area contributed by atoms with Gasteiger partial charge >= 0.3 is 0 Å². The number of carbonyl (C=O) groups is 1. The predicted molar refractivity (Wildman–Crippen MR) is 144 cm³/mol. The molecule has 6 nitrogen and oxygen atoms in total. The summed E-state index contributed by atoms with van der Waals surface area (Å²) in [5.74, 6) is 0.114. The zero-order valence-corrected chi connectivity index (χ0v) is 22.5. The lowest BCUT2D eigenvalue weighted by atomic mass is 10.0. The minimum Gasteiger partial charge on any atom is -0.324 e. The Labute approximate surface area is 214 Å². The zero-order chi connectivity index (χ0) is 25.4. The number of unbranched alkanes of at least 4 members (excludes halogenated alkanes) is 5. The number of amides is 1. The van der Waals surface area contributed by atoms with Gasteiger partial charge in [-0.05, 0) is 61.6 Å². The number of nitrogens with zero attached hydrogens (tertiary/aromatic N) is 2. The minimum atomic E-state index is -3.67. The van der Waals surface area contributed by atoms with E-state index in [0.717, 1.165) is 48.1 Å². The lowest BCUT2D eigenvalue weighted by Crippen LogP contribution is -2.32. The van der Waals surface area contributed by atoms with Gasteiger partial charge in [0.25, 0.3) is 5.91 Å². The highest BCUT2D eigenvalue weighted by Crippen LogP contribution is 2.24. The molecular weight excluding hydrogens is 482 g/mol. The largest absolute Gasteiger partial charge is 0.324 e. The first kappa shape index (κ1) is 27.2. The van der Waals surface area contributed by atoms with E-state index in [4.69, 9.17) is 11.6 Å². The predicted octanol–water partition coefficient (Wildman–Crippen LogP) is 6.42. The lowest BCUT2D eigenvalue weighted by molar-refractivity contribution is 0.0981. The molecule has 0 atom stereocenters. The number of sulfonamides is 1. The van der Waals surface area contributed by atoms with Gasteiger partial charge in [-0.2, -0.15) is 0 Å². The second-order valence-electron chi connectivity index (χ2n) is 9.14. The Kier molecular flexibility index (Phi) is 9.75. The van der Waals surface area contributed by atoms with E-state index in [1.807, 2.05) is 24.5 Å². The van der Waals surface area contributed by atoms with Gasteiger partial charge in [0.2, 0.25) is 10.0 Å². The molecule has 8 heteroatoms. The number of halogens is 1. The van der Waals surface area contributed by atoms with Crippen molar-refractivity contribution in [2.24, 2.45) is 0 Å². The van der Waals surface area contributed by atoms with Gasteiger partial charge in [0.1, 0.15) is 5.82 Å². The number of nitrogens with one attached hydrogen (secondary N) is 1. The molecule has 2 aromatic carbocycles. The van der Waals surface area contributed by atoms with Crippen molar-refractivity contribution >= 4 is 38.6 Å². The average molecular weight is 518 g/mol. The van der Waals surface area contributed by atoms with Crippen LogP contribution in [-0.4, -0.2) is 29.6 Å². The lowest BCUT2D eigenvalue weighted by Gasteiger charge is -2.11. The summed E-state index contributed by atoms with van der Waals surface area (Å²) in [6.07, 6.45) is 8.13. The third-order valence-electron chi connectivity index (χ3n) is 6.23. The van der Waals surface area contributed by atoms with Crippen molar-refractivity contribution in [3.05, 3.63) is 63.9 Å². The van der Waals surface area contributed by atoms with Gasteiger partial charge in [0.15, 0.2) is 0 Å². The maximum Gasteiger partial charge on any atom is 0.264 e. The van der Waals surface area contributed by atoms with Crippen molar-refractivity contribution in [3.63, 3.8) is 0 Å². The highest BCUT2D eigenvalue weighted by molar-refractivity contribution is 7.90. The van der Waals surface area contributed by atoms with Gasteiger partial charge in [0.05, 0.1) is 23.3 Å². The van der Waals surface area contributed by atoms with Crippen LogP contribution in [0.15, 0.2) is 36.4 Å². The number of aromatic nitrogens is 2. The van der Waals surface area contributed by atoms with Crippen LogP contribution in [0.2, 0.25) is 5.02 Å². The second-order valence-corrected chi connectivity index (χ2v) is 11.4. The molecule has 0 aliphatic carbocycles. The maximum atomic E-state index is 12.7. The number of carbonyl (C=O) groups excluding carboxylic acids is 1. The van der Waals surface area contributed by atoms with Crippen LogP contribution in [-0.2, 0) is 23.0 Å². The quantitative estimate of drug-likeness (QED) is 0.265. The van der Waals surface area contributed by atoms with E-state index < -0.39 is 15.9 Å². The number of hydrogen-bond acceptors (Lipinski definition) is 4. The molecule has 0 bridgehead atoms. The SMILES string of the molecule is CCCCCCc1ccc(Cn2c(C)nc3ccc(C(=O)NS(=O)(=O)CCCCC)cc32)c(Cl)c1. The van der Waals surface area contributed by atoms with Crippen molar-refractivity contribution in [1.82, 2.24) is 14.3 Å². The Hall–Kier alpha value is -2.38. The highest BCUT2D eigenvalue weighted by atomic mass is 35.5. The number of rotatable bonds is 13. The highest BCUT2D eigenvalue weighted by Gasteiger charge is 2.18. The first-order chi connectivity index (χ1) is 16.7. The number of aryl methyl sites for hydroxylation is 2. The van der Waals surface area contributed by atoms with Crippen LogP contribution in [0.4, 0.5) is 0 Å². The van der Waals surface area contributed by atoms with Crippen LogP contribution < -0.4 is 4.72 Å². The van der Waals surface area contributed by atoms with Gasteiger partial charge < -0.3 is 4.57 Å². The van der Waals surface area contributed by atoms with E-state index in [1.54, 1.807) is 18.2 Å². The smallest absolute Gasteiger partial charge is 0.264 e. The van der Waals surface area contributed by atoms with Crippen molar-refractivity contribution in [2.75, 3.05) is 5.75 Å². The van der Waals surface area contributed by atoms with E-state index in [-0.39, 0.29) is 11.3 Å². The summed E-state index contributed by atoms with van der Waals surface area (Å²) in [4.78, 5) is 17.3. The fourth-order valence-electron chi connectivity index (χ4n) is 4.18. The fraction of sp³-hybridized carbons (Fsp3) is 0.481.